The smallest absolute Gasteiger partial charge is 0.328 e. The number of carbonyl (C=O) groups is 4. The maximum atomic E-state index is 13.8. The number of carboxylic acid groups (broad SMARTS) is 2. The molecule has 0 aliphatic carbocycles. The number of carboxylic acids is 2. The van der Waals surface area contributed by atoms with Crippen molar-refractivity contribution in [3.8, 4) is 0 Å². The highest BCUT2D eigenvalue weighted by molar-refractivity contribution is 5.89. The highest BCUT2D eigenvalue weighted by Gasteiger charge is 2.44. The molecule has 0 radical (unpaired) electrons. The zero-order chi connectivity index (χ0) is 27.2. The molecule has 2 heterocycles. The van der Waals surface area contributed by atoms with Crippen LogP contribution in [0.15, 0.2) is 24.3 Å². The maximum absolute atomic E-state index is 13.8. The van der Waals surface area contributed by atoms with Crippen molar-refractivity contribution < 1.29 is 42.6 Å². The van der Waals surface area contributed by atoms with Crippen LogP contribution >= 0.6 is 0 Å². The summed E-state index contributed by atoms with van der Waals surface area (Å²) in [6, 6.07) is 0.555. The van der Waals surface area contributed by atoms with E-state index in [4.69, 9.17) is 15.9 Å². The SMILES string of the molecule is CC(C)C(=O)N1C[C@@H]2CCN(C(=O)CC(N)Cc3cc(F)c(F)cc3F)[C@@H]2C1.O=C(O)C=CC(=O)O. The monoisotopic (exact) mass is 513 g/mol. The van der Waals surface area contributed by atoms with Gasteiger partial charge in [0, 0.05) is 62.2 Å². The molecule has 1 unspecified atom stereocenters. The van der Waals surface area contributed by atoms with Crippen molar-refractivity contribution in [3.05, 3.63) is 47.3 Å². The molecule has 2 amide bonds. The van der Waals surface area contributed by atoms with Gasteiger partial charge in [0.2, 0.25) is 11.8 Å². The summed E-state index contributed by atoms with van der Waals surface area (Å²) < 4.78 is 40.2. The van der Waals surface area contributed by atoms with Gasteiger partial charge in [-0.25, -0.2) is 22.8 Å². The molecule has 36 heavy (non-hydrogen) atoms. The predicted molar refractivity (Wildman–Crippen MR) is 122 cm³/mol. The first-order valence-corrected chi connectivity index (χ1v) is 11.4. The standard InChI is InChI=1S/C20H26F3N3O2.C4H4O4/c1-11(2)20(28)25-9-12-3-4-26(18(12)10-25)19(27)7-14(24)5-13-6-16(22)17(23)8-15(13)21;5-3(6)1-2-4(7)8/h6,8,11-12,14,18H,3-5,7,9-10,24H2,1-2H3;1-2H,(H,5,6)(H,7,8)/t12-,14?,18+;/m0./s1. The molecule has 0 spiro atoms. The molecule has 9 nitrogen and oxygen atoms in total. The van der Waals surface area contributed by atoms with E-state index in [1.165, 1.54) is 0 Å². The zero-order valence-electron chi connectivity index (χ0n) is 20.0. The molecule has 12 heteroatoms. The predicted octanol–water partition coefficient (Wildman–Crippen LogP) is 1.79. The van der Waals surface area contributed by atoms with Gasteiger partial charge in [-0.15, -0.1) is 0 Å². The van der Waals surface area contributed by atoms with Crippen LogP contribution in [-0.4, -0.2) is 75.5 Å². The summed E-state index contributed by atoms with van der Waals surface area (Å²) in [6.07, 6.45) is 1.88. The lowest BCUT2D eigenvalue weighted by atomic mass is 10.0. The Bertz CT molecular complexity index is 1020. The molecule has 1 aromatic carbocycles. The fourth-order valence-electron chi connectivity index (χ4n) is 4.38. The normalized spacial score (nSPS) is 19.8. The van der Waals surface area contributed by atoms with E-state index in [9.17, 15) is 32.3 Å². The van der Waals surface area contributed by atoms with E-state index in [-0.39, 0.29) is 48.1 Å². The second kappa shape index (κ2) is 12.5. The molecule has 2 aliphatic heterocycles. The van der Waals surface area contributed by atoms with Gasteiger partial charge in [0.15, 0.2) is 11.6 Å². The number of halogens is 3. The second-order valence-electron chi connectivity index (χ2n) is 9.14. The minimum atomic E-state index is -1.26. The van der Waals surface area contributed by atoms with E-state index in [1.54, 1.807) is 4.90 Å². The molecule has 2 saturated heterocycles. The fourth-order valence-corrected chi connectivity index (χ4v) is 4.38. The third kappa shape index (κ3) is 7.80. The van der Waals surface area contributed by atoms with Crippen LogP contribution in [0.2, 0.25) is 0 Å². The number of amides is 2. The number of benzene rings is 1. The quantitative estimate of drug-likeness (QED) is 0.373. The first kappa shape index (κ1) is 28.8. The third-order valence-electron chi connectivity index (χ3n) is 6.05. The highest BCUT2D eigenvalue weighted by Crippen LogP contribution is 2.32. The van der Waals surface area contributed by atoms with E-state index in [2.05, 4.69) is 0 Å². The Kier molecular flexibility index (Phi) is 10.0. The highest BCUT2D eigenvalue weighted by atomic mass is 19.2. The third-order valence-corrected chi connectivity index (χ3v) is 6.05. The van der Waals surface area contributed by atoms with E-state index in [0.29, 0.717) is 37.9 Å². The minimum Gasteiger partial charge on any atom is -0.478 e. The number of nitrogens with two attached hydrogens (primary N) is 1. The molecule has 0 bridgehead atoms. The molecule has 198 valence electrons. The fraction of sp³-hybridized carbons (Fsp3) is 0.500. The van der Waals surface area contributed by atoms with Crippen LogP contribution in [0.3, 0.4) is 0 Å². The minimum absolute atomic E-state index is 0.0117. The number of fused-ring (bicyclic) bond motifs is 1. The van der Waals surface area contributed by atoms with Gasteiger partial charge in [-0.1, -0.05) is 13.8 Å². The molecule has 0 aromatic heterocycles. The number of hydrogen-bond donors (Lipinski definition) is 3. The lowest BCUT2D eigenvalue weighted by molar-refractivity contribution is -0.136. The average molecular weight is 514 g/mol. The summed E-state index contributed by atoms with van der Waals surface area (Å²) in [6.45, 7) is 5.52. The molecule has 0 saturated carbocycles. The van der Waals surface area contributed by atoms with Crippen molar-refractivity contribution in [2.75, 3.05) is 19.6 Å². The topological polar surface area (TPSA) is 141 Å². The molecule has 1 aromatic rings. The van der Waals surface area contributed by atoms with Crippen molar-refractivity contribution in [3.63, 3.8) is 0 Å². The summed E-state index contributed by atoms with van der Waals surface area (Å²) >= 11 is 0. The first-order valence-electron chi connectivity index (χ1n) is 11.4. The van der Waals surface area contributed by atoms with Crippen LogP contribution in [0, 0.1) is 29.3 Å². The number of hydrogen-bond acceptors (Lipinski definition) is 5. The lowest BCUT2D eigenvalue weighted by Crippen LogP contribution is -2.43. The van der Waals surface area contributed by atoms with Gasteiger partial charge in [0.25, 0.3) is 0 Å². The van der Waals surface area contributed by atoms with Gasteiger partial charge in [-0.3, -0.25) is 9.59 Å². The average Bonchev–Trinajstić information content (AvgIpc) is 3.36. The number of likely N-dealkylation sites (tertiary alicyclic amines) is 2. The van der Waals surface area contributed by atoms with Crippen molar-refractivity contribution in [2.45, 2.75) is 45.2 Å². The molecule has 3 atom stereocenters. The Hall–Kier alpha value is -3.41. The summed E-state index contributed by atoms with van der Waals surface area (Å²) in [4.78, 5) is 47.6. The van der Waals surface area contributed by atoms with Crippen molar-refractivity contribution >= 4 is 23.8 Å². The van der Waals surface area contributed by atoms with Crippen LogP contribution < -0.4 is 5.73 Å². The molecular weight excluding hydrogens is 483 g/mol. The van der Waals surface area contributed by atoms with Crippen molar-refractivity contribution in [1.82, 2.24) is 9.80 Å². The second-order valence-corrected chi connectivity index (χ2v) is 9.14. The molecule has 2 fully saturated rings. The molecule has 4 N–H and O–H groups in total. The van der Waals surface area contributed by atoms with Crippen LogP contribution in [0.5, 0.6) is 0 Å². The van der Waals surface area contributed by atoms with E-state index in [0.717, 1.165) is 12.5 Å². The Balaban J connectivity index is 0.000000493. The van der Waals surface area contributed by atoms with Gasteiger partial charge in [-0.2, -0.15) is 0 Å². The Morgan fingerprint density at radius 2 is 1.61 bits per heavy atom. The summed E-state index contributed by atoms with van der Waals surface area (Å²) in [5.41, 5.74) is 5.94. The van der Waals surface area contributed by atoms with Crippen molar-refractivity contribution in [2.24, 2.45) is 17.6 Å². The van der Waals surface area contributed by atoms with Gasteiger partial charge in [-0.05, 0) is 24.5 Å². The molecular formula is C24H30F3N3O6. The van der Waals surface area contributed by atoms with Gasteiger partial charge >= 0.3 is 11.9 Å². The van der Waals surface area contributed by atoms with Crippen LogP contribution in [-0.2, 0) is 25.6 Å². The van der Waals surface area contributed by atoms with E-state index < -0.39 is 35.4 Å². The number of aliphatic carboxylic acids is 2. The maximum Gasteiger partial charge on any atom is 0.328 e. The first-order chi connectivity index (χ1) is 16.8. The zero-order valence-corrected chi connectivity index (χ0v) is 20.0. The lowest BCUT2D eigenvalue weighted by Gasteiger charge is -2.26. The van der Waals surface area contributed by atoms with Gasteiger partial charge in [0.05, 0.1) is 6.04 Å². The number of rotatable bonds is 7. The summed E-state index contributed by atoms with van der Waals surface area (Å²) in [5, 5.41) is 15.6. The van der Waals surface area contributed by atoms with Crippen LogP contribution in [0.1, 0.15) is 32.3 Å². The summed E-state index contributed by atoms with van der Waals surface area (Å²) in [5.74, 6) is -5.65. The van der Waals surface area contributed by atoms with Crippen LogP contribution in [0.25, 0.3) is 0 Å². The Morgan fingerprint density at radius 3 is 2.17 bits per heavy atom. The molecule has 3 rings (SSSR count). The number of nitrogens with zero attached hydrogens (tertiary/aromatic N) is 2. The molecule has 2 aliphatic rings. The van der Waals surface area contributed by atoms with Crippen LogP contribution in [0.4, 0.5) is 13.2 Å². The summed E-state index contributed by atoms with van der Waals surface area (Å²) in [7, 11) is 0. The number of carbonyl (C=O) groups excluding carboxylic acids is 2. The Labute approximate surface area is 206 Å². The van der Waals surface area contributed by atoms with Crippen molar-refractivity contribution in [1.29, 1.82) is 0 Å². The van der Waals surface area contributed by atoms with Gasteiger partial charge < -0.3 is 25.7 Å². The largest absolute Gasteiger partial charge is 0.478 e. The van der Waals surface area contributed by atoms with E-state index >= 15 is 0 Å². The van der Waals surface area contributed by atoms with Gasteiger partial charge in [0.1, 0.15) is 5.82 Å². The van der Waals surface area contributed by atoms with E-state index in [1.807, 2.05) is 18.7 Å². The Morgan fingerprint density at radius 1 is 1.03 bits per heavy atom.